The third-order valence-electron chi connectivity index (χ3n) is 9.24. The van der Waals surface area contributed by atoms with Crippen molar-refractivity contribution in [2.45, 2.75) is 154 Å². The lowest BCUT2D eigenvalue weighted by molar-refractivity contribution is -0.161. The fourth-order valence-corrected chi connectivity index (χ4v) is 6.80. The molecular formula is C43H72NO11P. The maximum atomic E-state index is 12.7. The summed E-state index contributed by atoms with van der Waals surface area (Å²) in [5.41, 5.74) is 5.33. The van der Waals surface area contributed by atoms with E-state index in [0.29, 0.717) is 32.1 Å². The van der Waals surface area contributed by atoms with Gasteiger partial charge in [-0.25, -0.2) is 4.57 Å². The van der Waals surface area contributed by atoms with Crippen LogP contribution in [-0.4, -0.2) is 77.5 Å². The maximum Gasteiger partial charge on any atom is 0.472 e. The summed E-state index contributed by atoms with van der Waals surface area (Å²) in [7, 11) is -4.46. The Hall–Kier alpha value is -2.70. The predicted molar refractivity (Wildman–Crippen MR) is 220 cm³/mol. The number of phosphoric acid groups is 1. The molecule has 0 bridgehead atoms. The minimum atomic E-state index is -4.46. The molecule has 1 fully saturated rings. The summed E-state index contributed by atoms with van der Waals surface area (Å²) in [6.45, 7) is 3.21. The number of aliphatic hydroxyl groups excluding tert-OH is 2. The zero-order valence-electron chi connectivity index (χ0n) is 34.1. The van der Waals surface area contributed by atoms with Gasteiger partial charge in [-0.1, -0.05) is 107 Å². The third kappa shape index (κ3) is 27.0. The second-order valence-electron chi connectivity index (χ2n) is 14.3. The average molecular weight is 810 g/mol. The Labute approximate surface area is 336 Å². The van der Waals surface area contributed by atoms with Crippen LogP contribution >= 0.6 is 7.82 Å². The first-order valence-corrected chi connectivity index (χ1v) is 22.4. The summed E-state index contributed by atoms with van der Waals surface area (Å²) in [5.74, 6) is -1.83. The van der Waals surface area contributed by atoms with Crippen LogP contribution in [-0.2, 0) is 37.5 Å². The van der Waals surface area contributed by atoms with Crippen LogP contribution in [0, 0.1) is 11.8 Å². The molecule has 320 valence electrons. The van der Waals surface area contributed by atoms with Crippen LogP contribution < -0.4 is 5.73 Å². The van der Waals surface area contributed by atoms with Gasteiger partial charge >= 0.3 is 19.8 Å². The number of hydrogen-bond acceptors (Lipinski definition) is 11. The molecule has 1 unspecified atom stereocenters. The molecule has 0 amide bonds. The summed E-state index contributed by atoms with van der Waals surface area (Å²) >= 11 is 0. The number of allylic oxidation sites excluding steroid dienone is 8. The van der Waals surface area contributed by atoms with Crippen molar-refractivity contribution in [2.75, 3.05) is 26.4 Å². The molecule has 0 aromatic carbocycles. The normalized spacial score (nSPS) is 19.9. The Morgan fingerprint density at radius 1 is 0.821 bits per heavy atom. The van der Waals surface area contributed by atoms with Crippen molar-refractivity contribution in [3.63, 3.8) is 0 Å². The number of carbonyl (C=O) groups excluding carboxylic acids is 3. The molecule has 0 aliphatic heterocycles. The van der Waals surface area contributed by atoms with Crippen molar-refractivity contribution in [3.05, 3.63) is 60.8 Å². The van der Waals surface area contributed by atoms with Gasteiger partial charge in [-0.05, 0) is 70.6 Å². The maximum absolute atomic E-state index is 12.7. The minimum Gasteiger partial charge on any atom is -0.462 e. The molecule has 0 heterocycles. The van der Waals surface area contributed by atoms with Gasteiger partial charge in [-0.15, -0.1) is 0 Å². The highest BCUT2D eigenvalue weighted by Crippen LogP contribution is 2.43. The van der Waals surface area contributed by atoms with E-state index >= 15 is 0 Å². The summed E-state index contributed by atoms with van der Waals surface area (Å²) in [6.07, 6.45) is 31.9. The van der Waals surface area contributed by atoms with Crippen LogP contribution in [0.2, 0.25) is 0 Å². The van der Waals surface area contributed by atoms with E-state index in [2.05, 4.69) is 50.3 Å². The largest absolute Gasteiger partial charge is 0.472 e. The van der Waals surface area contributed by atoms with Crippen LogP contribution in [0.15, 0.2) is 60.8 Å². The van der Waals surface area contributed by atoms with Crippen LogP contribution in [0.3, 0.4) is 0 Å². The quantitative estimate of drug-likeness (QED) is 0.0211. The van der Waals surface area contributed by atoms with Crippen molar-refractivity contribution in [1.29, 1.82) is 0 Å². The molecule has 1 aliphatic rings. The number of ketones is 1. The highest BCUT2D eigenvalue weighted by Gasteiger charge is 2.39. The van der Waals surface area contributed by atoms with Gasteiger partial charge in [0.15, 0.2) is 6.10 Å². The number of Topliss-reactive ketones (excluding diaryl/α,β-unsaturated/α-hetero) is 1. The number of unbranched alkanes of at least 4 members (excludes halogenated alkanes) is 8. The zero-order valence-corrected chi connectivity index (χ0v) is 35.0. The molecular weight excluding hydrogens is 737 g/mol. The Balaban J connectivity index is 2.48. The van der Waals surface area contributed by atoms with E-state index in [-0.39, 0.29) is 56.6 Å². The van der Waals surface area contributed by atoms with Gasteiger partial charge in [0, 0.05) is 37.6 Å². The number of phosphoric ester groups is 1. The van der Waals surface area contributed by atoms with Gasteiger partial charge in [0.25, 0.3) is 0 Å². The topological polar surface area (TPSA) is 192 Å². The van der Waals surface area contributed by atoms with Gasteiger partial charge in [0.1, 0.15) is 12.4 Å². The summed E-state index contributed by atoms with van der Waals surface area (Å²) in [6, 6.07) is 0. The molecule has 6 atom stereocenters. The lowest BCUT2D eigenvalue weighted by Crippen LogP contribution is -2.29. The minimum absolute atomic E-state index is 0.00220. The monoisotopic (exact) mass is 809 g/mol. The second kappa shape index (κ2) is 33.3. The fourth-order valence-electron chi connectivity index (χ4n) is 6.03. The highest BCUT2D eigenvalue weighted by atomic mass is 31.2. The van der Waals surface area contributed by atoms with E-state index < -0.39 is 44.7 Å². The molecule has 0 aromatic rings. The fraction of sp³-hybridized carbons (Fsp3) is 0.698. The number of esters is 2. The number of ether oxygens (including phenoxy) is 2. The molecule has 0 saturated heterocycles. The van der Waals surface area contributed by atoms with E-state index in [1.807, 2.05) is 12.2 Å². The van der Waals surface area contributed by atoms with Gasteiger partial charge in [0.2, 0.25) is 0 Å². The third-order valence-corrected chi connectivity index (χ3v) is 10.2. The summed E-state index contributed by atoms with van der Waals surface area (Å²) in [4.78, 5) is 47.5. The van der Waals surface area contributed by atoms with Gasteiger partial charge in [-0.3, -0.25) is 23.4 Å². The second-order valence-corrected chi connectivity index (χ2v) is 15.7. The van der Waals surface area contributed by atoms with Crippen molar-refractivity contribution in [3.8, 4) is 0 Å². The van der Waals surface area contributed by atoms with Crippen molar-refractivity contribution < 1.29 is 52.6 Å². The Morgan fingerprint density at radius 2 is 1.43 bits per heavy atom. The molecule has 0 radical (unpaired) electrons. The van der Waals surface area contributed by atoms with Crippen LogP contribution in [0.1, 0.15) is 136 Å². The summed E-state index contributed by atoms with van der Waals surface area (Å²) < 4.78 is 32.6. The first-order valence-electron chi connectivity index (χ1n) is 20.9. The van der Waals surface area contributed by atoms with E-state index in [1.54, 1.807) is 12.2 Å². The van der Waals surface area contributed by atoms with Crippen LogP contribution in [0.4, 0.5) is 0 Å². The highest BCUT2D eigenvalue weighted by molar-refractivity contribution is 7.47. The van der Waals surface area contributed by atoms with E-state index in [4.69, 9.17) is 24.3 Å². The smallest absolute Gasteiger partial charge is 0.462 e. The van der Waals surface area contributed by atoms with E-state index in [1.165, 1.54) is 19.3 Å². The molecule has 1 saturated carbocycles. The molecule has 5 N–H and O–H groups in total. The average Bonchev–Trinajstić information content (AvgIpc) is 3.44. The molecule has 56 heavy (non-hydrogen) atoms. The Bertz CT molecular complexity index is 1260. The molecule has 0 aromatic heterocycles. The lowest BCUT2D eigenvalue weighted by Gasteiger charge is -2.19. The SMILES string of the molecule is CCCCC/C=C\C/C=C\C/C=C\CCCCC(=O)OC[C@H](COP(=O)(O)OCCN)OC(=O)CCC/C=C\C[C@H]1C(=O)C[C@@H](O)[C@@H]1/C=C/[C@@H](O)CCCCC. The number of aliphatic hydroxyl groups is 2. The van der Waals surface area contributed by atoms with E-state index in [0.717, 1.165) is 51.4 Å². The molecule has 13 heteroatoms. The van der Waals surface area contributed by atoms with Gasteiger partial charge in [0.05, 0.1) is 25.4 Å². The van der Waals surface area contributed by atoms with Crippen LogP contribution in [0.25, 0.3) is 0 Å². The molecule has 1 aliphatic carbocycles. The molecule has 12 nitrogen and oxygen atoms in total. The summed E-state index contributed by atoms with van der Waals surface area (Å²) in [5, 5.41) is 20.7. The number of hydrogen-bond donors (Lipinski definition) is 4. The van der Waals surface area contributed by atoms with Crippen molar-refractivity contribution >= 4 is 25.5 Å². The first kappa shape index (κ1) is 51.3. The van der Waals surface area contributed by atoms with Crippen molar-refractivity contribution in [1.82, 2.24) is 0 Å². The lowest BCUT2D eigenvalue weighted by atomic mass is 9.90. The van der Waals surface area contributed by atoms with Crippen LogP contribution in [0.5, 0.6) is 0 Å². The van der Waals surface area contributed by atoms with Gasteiger partial charge in [-0.2, -0.15) is 0 Å². The standard InChI is InChI=1S/C43H72NO11P/c1-3-5-7-8-9-10-11-12-13-14-15-16-17-18-23-27-42(48)52-34-37(35-54-56(50,51)53-32-31-44)55-43(49)28-24-20-19-22-26-38-39(41(47)33-40(38)46)30-29-36(45)25-21-6-4-2/h9-10,12-13,15-16,19,22,29-30,36-39,41,45,47H,3-8,11,14,17-18,20-21,23-28,31-35,44H2,1-2H3,(H,50,51)/b10-9-,13-12-,16-15-,22-19-,30-29+/t36-,37+,38+,39+,41+/m0/s1. The number of carbonyl (C=O) groups is 3. The Morgan fingerprint density at radius 3 is 2.11 bits per heavy atom. The number of rotatable bonds is 34. The van der Waals surface area contributed by atoms with E-state index in [9.17, 15) is 34.1 Å². The molecule has 0 spiro atoms. The Kier molecular flexibility index (Phi) is 30.5. The first-order chi connectivity index (χ1) is 27.0. The zero-order chi connectivity index (χ0) is 41.3. The number of nitrogens with two attached hydrogens (primary N) is 1. The van der Waals surface area contributed by atoms with Crippen molar-refractivity contribution in [2.24, 2.45) is 17.6 Å². The predicted octanol–water partition coefficient (Wildman–Crippen LogP) is 8.30. The van der Waals surface area contributed by atoms with Gasteiger partial charge < -0.3 is 30.3 Å². The molecule has 1 rings (SSSR count).